The molecule has 6 nitrogen and oxygen atoms in total. The topological polar surface area (TPSA) is 79.5 Å². The molecular formula is C20H19BrF3N3O3. The lowest BCUT2D eigenvalue weighted by Crippen LogP contribution is -2.40. The smallest absolute Gasteiger partial charge is 0.416 e. The van der Waals surface area contributed by atoms with Crippen LogP contribution in [0.15, 0.2) is 59.2 Å². The number of benzene rings is 2. The van der Waals surface area contributed by atoms with Crippen LogP contribution in [0.3, 0.4) is 0 Å². The van der Waals surface area contributed by atoms with E-state index in [9.17, 15) is 22.8 Å². The molecule has 0 radical (unpaired) electrons. The van der Waals surface area contributed by atoms with Crippen molar-refractivity contribution in [3.05, 3.63) is 70.3 Å². The summed E-state index contributed by atoms with van der Waals surface area (Å²) in [7, 11) is 0. The molecule has 30 heavy (non-hydrogen) atoms. The average molecular weight is 486 g/mol. The van der Waals surface area contributed by atoms with Gasteiger partial charge in [-0.1, -0.05) is 18.7 Å². The van der Waals surface area contributed by atoms with Crippen molar-refractivity contribution in [2.24, 2.45) is 0 Å². The van der Waals surface area contributed by atoms with Crippen molar-refractivity contribution in [1.29, 1.82) is 0 Å². The normalized spacial score (nSPS) is 10.8. The van der Waals surface area contributed by atoms with Crippen LogP contribution in [-0.4, -0.2) is 18.4 Å². The van der Waals surface area contributed by atoms with E-state index in [0.717, 1.165) is 17.7 Å². The number of carbonyl (C=O) groups excluding carboxylic acids is 2. The van der Waals surface area contributed by atoms with Gasteiger partial charge in [-0.15, -0.1) is 0 Å². The van der Waals surface area contributed by atoms with Gasteiger partial charge in [-0.3, -0.25) is 15.0 Å². The van der Waals surface area contributed by atoms with Crippen LogP contribution >= 0.6 is 15.9 Å². The fourth-order valence-electron chi connectivity index (χ4n) is 2.28. The lowest BCUT2D eigenvalue weighted by atomic mass is 10.2. The standard InChI is InChI=1S/C20H19BrF3N3O3/c1-12-6-7-17(16(21)8-12)30-11-19(29)27-26-13(2)9-18(28)25-15-5-3-4-14(10-15)20(22,23)24/h3-8,10,26H,2,9,11H2,1H3,(H,25,28)(H,27,29). The summed E-state index contributed by atoms with van der Waals surface area (Å²) in [5.74, 6) is -0.613. The maximum absolute atomic E-state index is 12.7. The maximum atomic E-state index is 12.7. The molecule has 0 spiro atoms. The molecule has 2 rings (SSSR count). The predicted octanol–water partition coefficient (Wildman–Crippen LogP) is 4.32. The number of anilines is 1. The highest BCUT2D eigenvalue weighted by Gasteiger charge is 2.30. The largest absolute Gasteiger partial charge is 0.483 e. The van der Waals surface area contributed by atoms with Crippen molar-refractivity contribution in [3.8, 4) is 5.75 Å². The van der Waals surface area contributed by atoms with E-state index in [-0.39, 0.29) is 24.4 Å². The van der Waals surface area contributed by atoms with E-state index >= 15 is 0 Å². The van der Waals surface area contributed by atoms with Crippen LogP contribution in [0.5, 0.6) is 5.75 Å². The van der Waals surface area contributed by atoms with Gasteiger partial charge >= 0.3 is 6.18 Å². The van der Waals surface area contributed by atoms with Gasteiger partial charge in [0, 0.05) is 11.4 Å². The van der Waals surface area contributed by atoms with Gasteiger partial charge in [0.2, 0.25) is 5.91 Å². The number of alkyl halides is 3. The number of hydrogen-bond acceptors (Lipinski definition) is 4. The first-order chi connectivity index (χ1) is 14.0. The average Bonchev–Trinajstić information content (AvgIpc) is 2.65. The lowest BCUT2D eigenvalue weighted by molar-refractivity contribution is -0.137. The Labute approximate surface area is 179 Å². The lowest BCUT2D eigenvalue weighted by Gasteiger charge is -2.13. The van der Waals surface area contributed by atoms with Gasteiger partial charge in [0.05, 0.1) is 16.5 Å². The number of hydrazine groups is 1. The zero-order chi connectivity index (χ0) is 22.3. The van der Waals surface area contributed by atoms with Crippen LogP contribution < -0.4 is 20.9 Å². The fourth-order valence-corrected chi connectivity index (χ4v) is 2.88. The van der Waals surface area contributed by atoms with Crippen molar-refractivity contribution in [2.45, 2.75) is 19.5 Å². The molecule has 0 aliphatic carbocycles. The van der Waals surface area contributed by atoms with Gasteiger partial charge in [-0.25, -0.2) is 0 Å². The quantitative estimate of drug-likeness (QED) is 0.486. The third-order valence-electron chi connectivity index (χ3n) is 3.67. The second-order valence-electron chi connectivity index (χ2n) is 6.30. The molecule has 0 unspecified atom stereocenters. The molecule has 0 fully saturated rings. The Kier molecular flexibility index (Phi) is 7.87. The summed E-state index contributed by atoms with van der Waals surface area (Å²) in [6.45, 7) is 5.23. The molecule has 0 saturated heterocycles. The molecule has 0 heterocycles. The molecule has 2 aromatic rings. The summed E-state index contributed by atoms with van der Waals surface area (Å²) in [6, 6.07) is 9.66. The third-order valence-corrected chi connectivity index (χ3v) is 4.29. The number of ether oxygens (including phenoxy) is 1. The Morgan fingerprint density at radius 3 is 2.50 bits per heavy atom. The molecule has 2 amide bonds. The Hall–Kier alpha value is -3.01. The summed E-state index contributed by atoms with van der Waals surface area (Å²) in [5.41, 5.74) is 5.10. The minimum absolute atomic E-state index is 0.00346. The van der Waals surface area contributed by atoms with E-state index in [1.54, 1.807) is 6.07 Å². The zero-order valence-electron chi connectivity index (χ0n) is 15.9. The third kappa shape index (κ3) is 7.43. The summed E-state index contributed by atoms with van der Waals surface area (Å²) >= 11 is 3.34. The highest BCUT2D eigenvalue weighted by Crippen LogP contribution is 2.30. The molecule has 2 aromatic carbocycles. The first-order valence-corrected chi connectivity index (χ1v) is 9.42. The van der Waals surface area contributed by atoms with Crippen LogP contribution in [0.2, 0.25) is 0 Å². The molecule has 160 valence electrons. The Balaban J connectivity index is 1.76. The molecule has 0 saturated carbocycles. The second kappa shape index (κ2) is 10.1. The van der Waals surface area contributed by atoms with Gasteiger partial charge in [-0.05, 0) is 58.7 Å². The maximum Gasteiger partial charge on any atom is 0.416 e. The van der Waals surface area contributed by atoms with E-state index in [1.807, 2.05) is 19.1 Å². The number of halogens is 4. The first kappa shape index (κ1) is 23.3. The van der Waals surface area contributed by atoms with E-state index < -0.39 is 23.6 Å². The van der Waals surface area contributed by atoms with Crippen molar-refractivity contribution in [3.63, 3.8) is 0 Å². The number of carbonyl (C=O) groups is 2. The SMILES string of the molecule is C=C(CC(=O)Nc1cccc(C(F)(F)F)c1)NNC(=O)COc1ccc(C)cc1Br. The zero-order valence-corrected chi connectivity index (χ0v) is 17.5. The van der Waals surface area contributed by atoms with Gasteiger partial charge in [-0.2, -0.15) is 13.2 Å². The minimum Gasteiger partial charge on any atom is -0.483 e. The van der Waals surface area contributed by atoms with Crippen molar-refractivity contribution in [2.75, 3.05) is 11.9 Å². The highest BCUT2D eigenvalue weighted by molar-refractivity contribution is 9.10. The van der Waals surface area contributed by atoms with E-state index in [0.29, 0.717) is 10.2 Å². The summed E-state index contributed by atoms with van der Waals surface area (Å²) < 4.78 is 44.2. The highest BCUT2D eigenvalue weighted by atomic mass is 79.9. The van der Waals surface area contributed by atoms with Gasteiger partial charge in [0.15, 0.2) is 6.61 Å². The summed E-state index contributed by atoms with van der Waals surface area (Å²) in [6.07, 6.45) is -4.77. The van der Waals surface area contributed by atoms with Crippen molar-refractivity contribution < 1.29 is 27.5 Å². The number of aryl methyl sites for hydroxylation is 1. The Morgan fingerprint density at radius 1 is 1.10 bits per heavy atom. The molecule has 0 aliphatic rings. The van der Waals surface area contributed by atoms with E-state index in [4.69, 9.17) is 4.74 Å². The number of rotatable bonds is 8. The first-order valence-electron chi connectivity index (χ1n) is 8.63. The fraction of sp³-hybridized carbons (Fsp3) is 0.200. The Bertz CT molecular complexity index is 948. The molecule has 0 aromatic heterocycles. The van der Waals surface area contributed by atoms with Crippen LogP contribution in [0.1, 0.15) is 17.5 Å². The Morgan fingerprint density at radius 2 is 1.83 bits per heavy atom. The van der Waals surface area contributed by atoms with Gasteiger partial charge < -0.3 is 15.5 Å². The number of nitrogens with one attached hydrogen (secondary N) is 3. The second-order valence-corrected chi connectivity index (χ2v) is 7.16. The van der Waals surface area contributed by atoms with E-state index in [1.165, 1.54) is 12.1 Å². The number of hydrogen-bond donors (Lipinski definition) is 3. The van der Waals surface area contributed by atoms with Crippen LogP contribution in [0, 0.1) is 6.92 Å². The molecule has 3 N–H and O–H groups in total. The molecule has 10 heteroatoms. The molecule has 0 bridgehead atoms. The van der Waals surface area contributed by atoms with Gasteiger partial charge in [0.1, 0.15) is 5.75 Å². The van der Waals surface area contributed by atoms with Crippen molar-refractivity contribution >= 4 is 33.4 Å². The van der Waals surface area contributed by atoms with Crippen molar-refractivity contribution in [1.82, 2.24) is 10.9 Å². The monoisotopic (exact) mass is 485 g/mol. The van der Waals surface area contributed by atoms with Crippen LogP contribution in [-0.2, 0) is 15.8 Å². The van der Waals surface area contributed by atoms with Crippen LogP contribution in [0.25, 0.3) is 0 Å². The molecule has 0 aliphatic heterocycles. The van der Waals surface area contributed by atoms with Gasteiger partial charge in [0.25, 0.3) is 5.91 Å². The number of amides is 2. The predicted molar refractivity (Wildman–Crippen MR) is 109 cm³/mol. The van der Waals surface area contributed by atoms with Crippen LogP contribution in [0.4, 0.5) is 18.9 Å². The summed E-state index contributed by atoms with van der Waals surface area (Å²) in [5, 5.41) is 2.35. The molecule has 0 atom stereocenters. The summed E-state index contributed by atoms with van der Waals surface area (Å²) in [4.78, 5) is 23.8. The van der Waals surface area contributed by atoms with E-state index in [2.05, 4.69) is 38.7 Å². The molecular weight excluding hydrogens is 467 g/mol. The minimum atomic E-state index is -4.51.